The Morgan fingerprint density at radius 3 is 1.85 bits per heavy atom. The van der Waals surface area contributed by atoms with Gasteiger partial charge in [0.1, 0.15) is 0 Å². The second kappa shape index (κ2) is 18.9. The molecule has 2 aromatic carbocycles. The molecule has 1 aliphatic carbocycles. The van der Waals surface area contributed by atoms with Gasteiger partial charge in [0.05, 0.1) is 58.9 Å². The third kappa shape index (κ3) is 13.8. The van der Waals surface area contributed by atoms with Crippen molar-refractivity contribution in [1.29, 1.82) is 0 Å². The number of methoxy groups -OCH3 is 1. The van der Waals surface area contributed by atoms with Gasteiger partial charge in [-0.1, -0.05) is 16.9 Å². The van der Waals surface area contributed by atoms with Gasteiger partial charge in [-0.15, -0.1) is 5.10 Å². The van der Waals surface area contributed by atoms with E-state index in [4.69, 9.17) is 37.4 Å². The fourth-order valence-corrected chi connectivity index (χ4v) is 13.4. The van der Waals surface area contributed by atoms with E-state index in [1.54, 1.807) is 70.1 Å². The van der Waals surface area contributed by atoms with Crippen molar-refractivity contribution in [1.82, 2.24) is 20.0 Å². The standard InChI is InChI=1S/C31H48N6O5P4S2/c1-35(24-31(45(5,6)38)46(7,8)39)32-21-25-11-17-29(18-12-25)41-44(48)37(3)34-23-27-13-19-30(20-14-27)42-43(47)36(2)33-22-26-9-15-28(40-4)16-10-26/h9,11-15,17-21,23,26,28,31,33H,10,16,22,24H2,1-8H3/q+2/b32-21-,34-23-. The minimum absolute atomic E-state index is 0.218. The minimum atomic E-state index is -2.55. The van der Waals surface area contributed by atoms with E-state index in [0.29, 0.717) is 24.0 Å². The van der Waals surface area contributed by atoms with Crippen LogP contribution in [0.25, 0.3) is 0 Å². The van der Waals surface area contributed by atoms with E-state index in [-0.39, 0.29) is 6.10 Å². The Bertz CT molecular complexity index is 1540. The second-order valence-electron chi connectivity index (χ2n) is 12.3. The first-order valence-electron chi connectivity index (χ1n) is 15.4. The molecule has 0 amide bonds. The third-order valence-electron chi connectivity index (χ3n) is 7.55. The fourth-order valence-electron chi connectivity index (χ4n) is 4.76. The molecule has 0 spiro atoms. The number of rotatable bonds is 18. The van der Waals surface area contributed by atoms with E-state index >= 15 is 0 Å². The van der Waals surface area contributed by atoms with Gasteiger partial charge >= 0.3 is 14.1 Å². The maximum atomic E-state index is 12.7. The molecule has 3 rings (SSSR count). The molecule has 262 valence electrons. The summed E-state index contributed by atoms with van der Waals surface area (Å²) in [7, 11) is -0.600. The van der Waals surface area contributed by atoms with Gasteiger partial charge in [0, 0.05) is 20.7 Å². The molecule has 4 atom stereocenters. The summed E-state index contributed by atoms with van der Waals surface area (Å²) in [6.07, 6.45) is 10.1. The molecule has 0 saturated heterocycles. The first-order valence-corrected chi connectivity index (χ1v) is 25.1. The predicted molar refractivity (Wildman–Crippen MR) is 209 cm³/mol. The monoisotopic (exact) mass is 772 g/mol. The normalized spacial score (nSPS) is 17.7. The van der Waals surface area contributed by atoms with Gasteiger partial charge in [-0.25, -0.2) is 5.43 Å². The Morgan fingerprint density at radius 2 is 1.38 bits per heavy atom. The summed E-state index contributed by atoms with van der Waals surface area (Å²) in [5, 5.41) is 10.2. The van der Waals surface area contributed by atoms with Crippen molar-refractivity contribution in [2.24, 2.45) is 16.1 Å². The fraction of sp³-hybridized carbons (Fsp3) is 0.484. The van der Waals surface area contributed by atoms with Crippen molar-refractivity contribution in [3.63, 3.8) is 0 Å². The predicted octanol–water partition coefficient (Wildman–Crippen LogP) is 7.21. The Balaban J connectivity index is 1.44. The molecular weight excluding hydrogens is 724 g/mol. The van der Waals surface area contributed by atoms with Crippen molar-refractivity contribution in [3.05, 3.63) is 71.8 Å². The second-order valence-corrected chi connectivity index (χ2v) is 24.1. The summed E-state index contributed by atoms with van der Waals surface area (Å²) in [4.78, 5) is 0. The van der Waals surface area contributed by atoms with Gasteiger partial charge in [0.2, 0.25) is 23.6 Å². The van der Waals surface area contributed by atoms with Gasteiger partial charge in [0.15, 0.2) is 11.5 Å². The summed E-state index contributed by atoms with van der Waals surface area (Å²) >= 11 is 11.2. The van der Waals surface area contributed by atoms with Crippen molar-refractivity contribution in [2.75, 3.05) is 68.0 Å². The van der Waals surface area contributed by atoms with Crippen LogP contribution in [0.5, 0.6) is 11.5 Å². The van der Waals surface area contributed by atoms with Crippen LogP contribution in [0.1, 0.15) is 24.0 Å². The van der Waals surface area contributed by atoms with Crippen molar-refractivity contribution in [3.8, 4) is 11.5 Å². The topological polar surface area (TPSA) is 108 Å². The quantitative estimate of drug-likeness (QED) is 0.0719. The number of hydrazine groups is 1. The average molecular weight is 773 g/mol. The number of hydrazone groups is 2. The number of hydrogen-bond acceptors (Lipinski definition) is 11. The van der Waals surface area contributed by atoms with E-state index in [9.17, 15) is 9.13 Å². The van der Waals surface area contributed by atoms with Crippen LogP contribution in [-0.2, 0) is 37.5 Å². The number of benzene rings is 2. The summed E-state index contributed by atoms with van der Waals surface area (Å²) in [6, 6.07) is 15.0. The number of hydrogen-bond donors (Lipinski definition) is 1. The van der Waals surface area contributed by atoms with Crippen LogP contribution < -0.4 is 14.5 Å². The molecule has 48 heavy (non-hydrogen) atoms. The van der Waals surface area contributed by atoms with Crippen LogP contribution in [0.3, 0.4) is 0 Å². The summed E-state index contributed by atoms with van der Waals surface area (Å²) in [6.45, 7) is 7.89. The lowest BCUT2D eigenvalue weighted by atomic mass is 9.94. The molecule has 4 unspecified atom stereocenters. The highest BCUT2D eigenvalue weighted by molar-refractivity contribution is 8.02. The summed E-state index contributed by atoms with van der Waals surface area (Å²) in [5.41, 5.74) is 5.11. The summed E-state index contributed by atoms with van der Waals surface area (Å²) < 4.78 is 46.2. The van der Waals surface area contributed by atoms with Crippen molar-refractivity contribution >= 4 is 64.5 Å². The van der Waals surface area contributed by atoms with Gasteiger partial charge in [-0.3, -0.25) is 14.1 Å². The third-order valence-corrected chi connectivity index (χ3v) is 17.9. The number of nitrogens with zero attached hydrogens (tertiary/aromatic N) is 5. The maximum absolute atomic E-state index is 12.7. The Morgan fingerprint density at radius 1 is 0.854 bits per heavy atom. The zero-order chi connectivity index (χ0) is 35.5. The van der Waals surface area contributed by atoms with E-state index in [2.05, 4.69) is 27.8 Å². The lowest BCUT2D eigenvalue weighted by Gasteiger charge is -2.28. The molecule has 0 aliphatic heterocycles. The molecule has 0 heterocycles. The van der Waals surface area contributed by atoms with E-state index in [1.165, 1.54) is 0 Å². The SMILES string of the molecule is COC1C=CC(CNN(C)[P+](=S)Oc2ccc(/C=N\N(C)[P+](=S)Oc3ccc(/C=N\N(C)CC(P(C)(C)=O)P(C)(C)=O)cc3)cc2)CC1. The molecule has 0 aromatic heterocycles. The zero-order valence-corrected chi connectivity index (χ0v) is 34.1. The lowest BCUT2D eigenvalue weighted by Crippen LogP contribution is -2.34. The maximum Gasteiger partial charge on any atom is 0.540 e. The molecule has 2 aromatic rings. The van der Waals surface area contributed by atoms with Crippen LogP contribution in [0.2, 0.25) is 0 Å². The average Bonchev–Trinajstić information content (AvgIpc) is 3.04. The van der Waals surface area contributed by atoms with Crippen molar-refractivity contribution in [2.45, 2.75) is 24.3 Å². The van der Waals surface area contributed by atoms with Crippen molar-refractivity contribution < 1.29 is 22.9 Å². The highest BCUT2D eigenvalue weighted by Gasteiger charge is 2.34. The number of ether oxygens (including phenoxy) is 1. The van der Waals surface area contributed by atoms with Crippen LogP contribution in [0, 0.1) is 5.92 Å². The van der Waals surface area contributed by atoms with Crippen LogP contribution in [0.4, 0.5) is 0 Å². The smallest absolute Gasteiger partial charge is 0.377 e. The Labute approximate surface area is 298 Å². The molecule has 0 bridgehead atoms. The van der Waals surface area contributed by atoms with Crippen LogP contribution >= 0.6 is 28.4 Å². The molecule has 0 fully saturated rings. The van der Waals surface area contributed by atoms with Gasteiger partial charge in [-0.2, -0.15) is 5.10 Å². The van der Waals surface area contributed by atoms with Crippen LogP contribution in [0.15, 0.2) is 70.9 Å². The van der Waals surface area contributed by atoms with E-state index in [1.807, 2.05) is 60.4 Å². The number of nitrogens with one attached hydrogen (secondary N) is 1. The highest BCUT2D eigenvalue weighted by Crippen LogP contribution is 2.61. The van der Waals surface area contributed by atoms with Crippen LogP contribution in [-0.4, -0.2) is 107 Å². The molecule has 0 saturated carbocycles. The Hall–Kier alpha value is -1.90. The largest absolute Gasteiger partial charge is 0.540 e. The molecule has 1 N–H and O–H groups in total. The molecule has 0 radical (unpaired) electrons. The molecule has 1 aliphatic rings. The van der Waals surface area contributed by atoms with E-state index < -0.39 is 33.8 Å². The molecular formula is C31H48N6O5P4S2+2. The zero-order valence-electron chi connectivity index (χ0n) is 28.9. The molecule has 11 nitrogen and oxygen atoms in total. The molecule has 17 heteroatoms. The Kier molecular flexibility index (Phi) is 16.0. The highest BCUT2D eigenvalue weighted by atomic mass is 32.4. The first-order chi connectivity index (χ1) is 22.5. The minimum Gasteiger partial charge on any atom is -0.377 e. The van der Waals surface area contributed by atoms with E-state index in [0.717, 1.165) is 30.5 Å². The van der Waals surface area contributed by atoms with Gasteiger partial charge < -0.3 is 13.9 Å². The van der Waals surface area contributed by atoms with Gasteiger partial charge in [-0.05, 0) is 110 Å². The first kappa shape index (κ1) is 40.5. The summed E-state index contributed by atoms with van der Waals surface area (Å²) in [5.74, 6) is 1.75. The lowest BCUT2D eigenvalue weighted by molar-refractivity contribution is 0.121. The van der Waals surface area contributed by atoms with Gasteiger partial charge in [0.25, 0.3) is 0 Å².